The van der Waals surface area contributed by atoms with Crippen molar-refractivity contribution in [3.05, 3.63) is 0 Å². The number of rotatable bonds is 10. The van der Waals surface area contributed by atoms with Crippen molar-refractivity contribution >= 4 is 11.9 Å². The van der Waals surface area contributed by atoms with Crippen LogP contribution >= 0.6 is 0 Å². The van der Waals surface area contributed by atoms with Crippen LogP contribution in [0.25, 0.3) is 0 Å². The predicted octanol–water partition coefficient (Wildman–Crippen LogP) is 2.20. The van der Waals surface area contributed by atoms with Crippen LogP contribution in [0.3, 0.4) is 0 Å². The summed E-state index contributed by atoms with van der Waals surface area (Å²) >= 11 is 0. The van der Waals surface area contributed by atoms with Crippen molar-refractivity contribution in [2.45, 2.75) is 71.5 Å². The highest BCUT2D eigenvalue weighted by molar-refractivity contribution is 5.80. The lowest BCUT2D eigenvalue weighted by molar-refractivity contribution is -0.171. The fraction of sp³-hybridized carbons (Fsp3) is 0.857. The molecule has 0 fully saturated rings. The monoisotopic (exact) mass is 274 g/mol. The number of ether oxygens (including phenoxy) is 2. The second-order valence-corrected chi connectivity index (χ2v) is 4.69. The molecule has 0 heterocycles. The molecule has 0 aliphatic heterocycles. The second-order valence-electron chi connectivity index (χ2n) is 4.69. The molecule has 0 aliphatic carbocycles. The largest absolute Gasteiger partial charge is 0.463 e. The molecular formula is C14H26O5. The first-order chi connectivity index (χ1) is 8.99. The van der Waals surface area contributed by atoms with Gasteiger partial charge in [-0.15, -0.1) is 0 Å². The molecule has 2 atom stereocenters. The zero-order valence-electron chi connectivity index (χ0n) is 12.2. The number of esters is 2. The van der Waals surface area contributed by atoms with Crippen molar-refractivity contribution < 1.29 is 24.2 Å². The summed E-state index contributed by atoms with van der Waals surface area (Å²) in [6.07, 6.45) is 4.48. The topological polar surface area (TPSA) is 72.8 Å². The van der Waals surface area contributed by atoms with Crippen molar-refractivity contribution in [2.24, 2.45) is 0 Å². The standard InChI is InChI=1S/C14H26O5/c1-4-5-6-7-8-9-10-18-14(17)12(3)19-13(16)11(2)15/h11-12,15H,4-10H2,1-3H3/t11-,12-/m1/s1. The number of carbonyl (C=O) groups excluding carboxylic acids is 2. The quantitative estimate of drug-likeness (QED) is 0.488. The molecule has 0 spiro atoms. The highest BCUT2D eigenvalue weighted by Crippen LogP contribution is 2.05. The van der Waals surface area contributed by atoms with E-state index in [-0.39, 0.29) is 0 Å². The van der Waals surface area contributed by atoms with E-state index in [1.54, 1.807) is 0 Å². The molecule has 0 aliphatic rings. The van der Waals surface area contributed by atoms with Gasteiger partial charge in [0.25, 0.3) is 0 Å². The lowest BCUT2D eigenvalue weighted by atomic mass is 10.1. The fourth-order valence-corrected chi connectivity index (χ4v) is 1.49. The minimum absolute atomic E-state index is 0.349. The third kappa shape index (κ3) is 9.47. The molecule has 112 valence electrons. The van der Waals surface area contributed by atoms with Crippen LogP contribution in [-0.2, 0) is 19.1 Å². The Balaban J connectivity index is 3.60. The molecule has 0 rings (SSSR count). The molecule has 5 nitrogen and oxygen atoms in total. The number of aliphatic hydroxyl groups excluding tert-OH is 1. The fourth-order valence-electron chi connectivity index (χ4n) is 1.49. The molecule has 0 saturated heterocycles. The van der Waals surface area contributed by atoms with Crippen molar-refractivity contribution in [3.63, 3.8) is 0 Å². The van der Waals surface area contributed by atoms with Gasteiger partial charge in [-0.25, -0.2) is 9.59 Å². The van der Waals surface area contributed by atoms with E-state index in [2.05, 4.69) is 6.92 Å². The van der Waals surface area contributed by atoms with Crippen LogP contribution in [0.15, 0.2) is 0 Å². The smallest absolute Gasteiger partial charge is 0.347 e. The van der Waals surface area contributed by atoms with E-state index in [0.717, 1.165) is 19.3 Å². The third-order valence-corrected chi connectivity index (χ3v) is 2.71. The molecular weight excluding hydrogens is 248 g/mol. The van der Waals surface area contributed by atoms with Gasteiger partial charge in [-0.05, 0) is 20.3 Å². The van der Waals surface area contributed by atoms with Crippen LogP contribution in [0, 0.1) is 0 Å². The number of hydrogen-bond acceptors (Lipinski definition) is 5. The van der Waals surface area contributed by atoms with Crippen LogP contribution < -0.4 is 0 Å². The normalized spacial score (nSPS) is 13.7. The number of aliphatic hydroxyl groups is 1. The summed E-state index contributed by atoms with van der Waals surface area (Å²) in [4.78, 5) is 22.5. The van der Waals surface area contributed by atoms with Gasteiger partial charge in [0.1, 0.15) is 6.10 Å². The minimum Gasteiger partial charge on any atom is -0.463 e. The van der Waals surface area contributed by atoms with E-state index in [1.807, 2.05) is 0 Å². The Morgan fingerprint density at radius 1 is 1.00 bits per heavy atom. The van der Waals surface area contributed by atoms with E-state index < -0.39 is 24.1 Å². The van der Waals surface area contributed by atoms with E-state index in [9.17, 15) is 9.59 Å². The molecule has 0 radical (unpaired) electrons. The summed E-state index contributed by atoms with van der Waals surface area (Å²) in [6, 6.07) is 0. The van der Waals surface area contributed by atoms with Gasteiger partial charge in [0, 0.05) is 0 Å². The Morgan fingerprint density at radius 3 is 2.16 bits per heavy atom. The van der Waals surface area contributed by atoms with Crippen LogP contribution in [0.2, 0.25) is 0 Å². The van der Waals surface area contributed by atoms with Gasteiger partial charge in [-0.2, -0.15) is 0 Å². The molecule has 0 bridgehead atoms. The maximum Gasteiger partial charge on any atom is 0.347 e. The second kappa shape index (κ2) is 10.8. The molecule has 0 aromatic carbocycles. The Hall–Kier alpha value is -1.10. The zero-order chi connectivity index (χ0) is 14.7. The Labute approximate surface area is 115 Å². The highest BCUT2D eigenvalue weighted by atomic mass is 16.6. The lowest BCUT2D eigenvalue weighted by Crippen LogP contribution is -2.30. The van der Waals surface area contributed by atoms with Crippen LogP contribution in [0.1, 0.15) is 59.3 Å². The first kappa shape index (κ1) is 17.9. The summed E-state index contributed by atoms with van der Waals surface area (Å²) in [7, 11) is 0. The average Bonchev–Trinajstić information content (AvgIpc) is 2.37. The van der Waals surface area contributed by atoms with Crippen LogP contribution in [-0.4, -0.2) is 35.9 Å². The van der Waals surface area contributed by atoms with Crippen molar-refractivity contribution in [1.29, 1.82) is 0 Å². The van der Waals surface area contributed by atoms with Gasteiger partial charge in [-0.1, -0.05) is 39.0 Å². The zero-order valence-corrected chi connectivity index (χ0v) is 12.2. The number of carbonyl (C=O) groups is 2. The van der Waals surface area contributed by atoms with Crippen molar-refractivity contribution in [2.75, 3.05) is 6.61 Å². The van der Waals surface area contributed by atoms with Crippen LogP contribution in [0.5, 0.6) is 0 Å². The Bertz CT molecular complexity index is 263. The van der Waals surface area contributed by atoms with Gasteiger partial charge in [0.05, 0.1) is 6.61 Å². The third-order valence-electron chi connectivity index (χ3n) is 2.71. The number of unbranched alkanes of at least 4 members (excludes halogenated alkanes) is 5. The molecule has 1 N–H and O–H groups in total. The van der Waals surface area contributed by atoms with Gasteiger partial charge < -0.3 is 14.6 Å². The molecule has 0 aromatic heterocycles. The summed E-state index contributed by atoms with van der Waals surface area (Å²) < 4.78 is 9.71. The maximum absolute atomic E-state index is 11.5. The molecule has 0 saturated carbocycles. The lowest BCUT2D eigenvalue weighted by Gasteiger charge is -2.13. The summed E-state index contributed by atoms with van der Waals surface area (Å²) in [5.74, 6) is -1.38. The molecule has 0 amide bonds. The highest BCUT2D eigenvalue weighted by Gasteiger charge is 2.21. The van der Waals surface area contributed by atoms with Crippen LogP contribution in [0.4, 0.5) is 0 Å². The minimum atomic E-state index is -1.23. The van der Waals surface area contributed by atoms with Crippen molar-refractivity contribution in [3.8, 4) is 0 Å². The first-order valence-electron chi connectivity index (χ1n) is 7.04. The van der Waals surface area contributed by atoms with E-state index >= 15 is 0 Å². The van der Waals surface area contributed by atoms with E-state index in [0.29, 0.717) is 6.61 Å². The van der Waals surface area contributed by atoms with Gasteiger partial charge in [0.2, 0.25) is 0 Å². The molecule has 0 aromatic rings. The van der Waals surface area contributed by atoms with Gasteiger partial charge >= 0.3 is 11.9 Å². The Morgan fingerprint density at radius 2 is 1.58 bits per heavy atom. The van der Waals surface area contributed by atoms with Gasteiger partial charge in [-0.3, -0.25) is 0 Å². The molecule has 0 unspecified atom stereocenters. The molecule has 19 heavy (non-hydrogen) atoms. The van der Waals surface area contributed by atoms with E-state index in [1.165, 1.54) is 33.1 Å². The van der Waals surface area contributed by atoms with Gasteiger partial charge in [0.15, 0.2) is 6.10 Å². The maximum atomic E-state index is 11.5. The SMILES string of the molecule is CCCCCCCCOC(=O)[C@@H](C)OC(=O)[C@@H](C)O. The first-order valence-corrected chi connectivity index (χ1v) is 7.04. The average molecular weight is 274 g/mol. The summed E-state index contributed by atoms with van der Waals surface area (Å²) in [6.45, 7) is 5.24. The predicted molar refractivity (Wildman–Crippen MR) is 71.6 cm³/mol. The summed E-state index contributed by atoms with van der Waals surface area (Å²) in [5, 5.41) is 8.94. The molecule has 5 heteroatoms. The summed E-state index contributed by atoms with van der Waals surface area (Å²) in [5.41, 5.74) is 0. The van der Waals surface area contributed by atoms with Crippen molar-refractivity contribution in [1.82, 2.24) is 0 Å². The number of hydrogen-bond donors (Lipinski definition) is 1. The van der Waals surface area contributed by atoms with E-state index in [4.69, 9.17) is 14.6 Å². The Kier molecular flexibility index (Phi) is 10.2.